The van der Waals surface area contributed by atoms with Gasteiger partial charge in [-0.15, -0.1) is 0 Å². The van der Waals surface area contributed by atoms with Crippen LogP contribution in [0.1, 0.15) is 6.92 Å². The first kappa shape index (κ1) is 7.49. The molecule has 2 heterocycles. The average Bonchev–Trinajstić information content (AvgIpc) is 2.39. The van der Waals surface area contributed by atoms with Crippen molar-refractivity contribution in [1.82, 2.24) is 0 Å². The van der Waals surface area contributed by atoms with Crippen LogP contribution in [-0.2, 0) is 9.47 Å². The van der Waals surface area contributed by atoms with Crippen molar-refractivity contribution in [2.24, 2.45) is 0 Å². The Morgan fingerprint density at radius 3 is 2.73 bits per heavy atom. The van der Waals surface area contributed by atoms with Crippen molar-refractivity contribution in [3.8, 4) is 0 Å². The van der Waals surface area contributed by atoms with Crippen LogP contribution in [0.15, 0.2) is 0 Å². The zero-order valence-corrected chi connectivity index (χ0v) is 6.36. The zero-order chi connectivity index (χ0) is 8.06. The van der Waals surface area contributed by atoms with E-state index in [4.69, 9.17) is 9.47 Å². The third-order valence-electron chi connectivity index (χ3n) is 2.57. The number of hydrogen-bond acceptors (Lipinski definition) is 4. The highest BCUT2D eigenvalue weighted by Gasteiger charge is 2.56. The van der Waals surface area contributed by atoms with Gasteiger partial charge in [-0.25, -0.2) is 0 Å². The van der Waals surface area contributed by atoms with Gasteiger partial charge in [-0.2, -0.15) is 0 Å². The average molecular weight is 160 g/mol. The summed E-state index contributed by atoms with van der Waals surface area (Å²) in [4.78, 5) is 0. The van der Waals surface area contributed by atoms with Gasteiger partial charge in [0.25, 0.3) is 0 Å². The summed E-state index contributed by atoms with van der Waals surface area (Å²) in [5.74, 6) is 0. The second-order valence-electron chi connectivity index (χ2n) is 3.33. The van der Waals surface area contributed by atoms with Crippen molar-refractivity contribution >= 4 is 0 Å². The molecule has 0 bridgehead atoms. The summed E-state index contributed by atoms with van der Waals surface area (Å²) >= 11 is 0. The quantitative estimate of drug-likeness (QED) is 0.472. The minimum atomic E-state index is -0.681. The molecule has 0 aliphatic carbocycles. The van der Waals surface area contributed by atoms with Gasteiger partial charge < -0.3 is 19.7 Å². The monoisotopic (exact) mass is 160 g/mol. The first-order chi connectivity index (χ1) is 5.14. The first-order valence-electron chi connectivity index (χ1n) is 3.76. The van der Waals surface area contributed by atoms with E-state index in [1.54, 1.807) is 6.92 Å². The second-order valence-corrected chi connectivity index (χ2v) is 3.33. The highest BCUT2D eigenvalue weighted by Crippen LogP contribution is 2.36. The van der Waals surface area contributed by atoms with Crippen molar-refractivity contribution in [2.45, 2.75) is 30.8 Å². The molecule has 0 saturated carbocycles. The van der Waals surface area contributed by atoms with E-state index in [9.17, 15) is 10.2 Å². The van der Waals surface area contributed by atoms with E-state index in [2.05, 4.69) is 0 Å². The lowest BCUT2D eigenvalue weighted by Gasteiger charge is -2.24. The third-order valence-corrected chi connectivity index (χ3v) is 2.57. The van der Waals surface area contributed by atoms with Gasteiger partial charge in [-0.05, 0) is 6.92 Å². The Morgan fingerprint density at radius 1 is 1.36 bits per heavy atom. The number of ether oxygens (including phenoxy) is 2. The number of hydrogen-bond donors (Lipinski definition) is 2. The highest BCUT2D eigenvalue weighted by atomic mass is 16.6. The van der Waals surface area contributed by atoms with Gasteiger partial charge in [0.1, 0.15) is 23.9 Å². The van der Waals surface area contributed by atoms with Crippen LogP contribution in [0.2, 0.25) is 0 Å². The van der Waals surface area contributed by atoms with Crippen LogP contribution in [0.3, 0.4) is 0 Å². The van der Waals surface area contributed by atoms with E-state index >= 15 is 0 Å². The smallest absolute Gasteiger partial charge is 0.122 e. The molecule has 2 aliphatic heterocycles. The first-order valence-corrected chi connectivity index (χ1v) is 3.76. The Bertz CT molecular complexity index is 172. The summed E-state index contributed by atoms with van der Waals surface area (Å²) in [5.41, 5.74) is -0.681. The SMILES string of the molecule is C[C@]12OC[C@@H](O)[C@H]1OC[C@@H]2O. The van der Waals surface area contributed by atoms with Gasteiger partial charge in [0.15, 0.2) is 0 Å². The summed E-state index contributed by atoms with van der Waals surface area (Å²) in [6.45, 7) is 2.29. The Morgan fingerprint density at radius 2 is 2.09 bits per heavy atom. The lowest BCUT2D eigenvalue weighted by Crippen LogP contribution is -2.43. The molecule has 0 unspecified atom stereocenters. The molecule has 0 spiro atoms. The molecule has 4 heteroatoms. The molecule has 4 nitrogen and oxygen atoms in total. The maximum Gasteiger partial charge on any atom is 0.122 e. The van der Waals surface area contributed by atoms with Gasteiger partial charge in [-0.3, -0.25) is 0 Å². The van der Waals surface area contributed by atoms with Crippen LogP contribution >= 0.6 is 0 Å². The minimum Gasteiger partial charge on any atom is -0.388 e. The Kier molecular flexibility index (Phi) is 1.47. The summed E-state index contributed by atoms with van der Waals surface area (Å²) in [6.07, 6.45) is -1.54. The molecule has 2 saturated heterocycles. The fourth-order valence-corrected chi connectivity index (χ4v) is 1.74. The van der Waals surface area contributed by atoms with Crippen LogP contribution in [0.25, 0.3) is 0 Å². The molecule has 0 aromatic heterocycles. The van der Waals surface area contributed by atoms with Crippen molar-refractivity contribution in [3.63, 3.8) is 0 Å². The Hall–Kier alpha value is -0.160. The molecule has 2 rings (SSSR count). The van der Waals surface area contributed by atoms with E-state index in [0.717, 1.165) is 0 Å². The molecule has 2 N–H and O–H groups in total. The van der Waals surface area contributed by atoms with E-state index < -0.39 is 17.8 Å². The van der Waals surface area contributed by atoms with Crippen molar-refractivity contribution < 1.29 is 19.7 Å². The van der Waals surface area contributed by atoms with Gasteiger partial charge in [0.2, 0.25) is 0 Å². The van der Waals surface area contributed by atoms with E-state index in [1.165, 1.54) is 0 Å². The lowest BCUT2D eigenvalue weighted by atomic mass is 9.95. The van der Waals surface area contributed by atoms with Crippen LogP contribution in [0.5, 0.6) is 0 Å². The molecule has 0 aromatic carbocycles. The van der Waals surface area contributed by atoms with Crippen LogP contribution < -0.4 is 0 Å². The molecule has 0 aromatic rings. The topological polar surface area (TPSA) is 58.9 Å². The number of aliphatic hydroxyl groups excluding tert-OH is 2. The normalized spacial score (nSPS) is 56.5. The van der Waals surface area contributed by atoms with Crippen LogP contribution in [-0.4, -0.2) is 47.3 Å². The molecule has 64 valence electrons. The fraction of sp³-hybridized carbons (Fsp3) is 1.00. The van der Waals surface area contributed by atoms with E-state index in [1.807, 2.05) is 0 Å². The minimum absolute atomic E-state index is 0.262. The van der Waals surface area contributed by atoms with Gasteiger partial charge in [0.05, 0.1) is 13.2 Å². The molecule has 11 heavy (non-hydrogen) atoms. The van der Waals surface area contributed by atoms with Gasteiger partial charge in [-0.1, -0.05) is 0 Å². The van der Waals surface area contributed by atoms with E-state index in [-0.39, 0.29) is 19.3 Å². The largest absolute Gasteiger partial charge is 0.388 e. The maximum atomic E-state index is 9.42. The summed E-state index contributed by atoms with van der Waals surface area (Å²) < 4.78 is 10.4. The number of rotatable bonds is 0. The maximum absolute atomic E-state index is 9.42. The summed E-state index contributed by atoms with van der Waals surface area (Å²) in [5, 5.41) is 18.7. The molecule has 0 amide bonds. The summed E-state index contributed by atoms with van der Waals surface area (Å²) in [7, 11) is 0. The van der Waals surface area contributed by atoms with Crippen molar-refractivity contribution in [3.05, 3.63) is 0 Å². The lowest BCUT2D eigenvalue weighted by molar-refractivity contribution is -0.0621. The third kappa shape index (κ3) is 0.840. The van der Waals surface area contributed by atoms with Crippen molar-refractivity contribution in [2.75, 3.05) is 13.2 Å². The molecule has 2 aliphatic rings. The van der Waals surface area contributed by atoms with E-state index in [0.29, 0.717) is 0 Å². The molecular formula is C7H12O4. The number of aliphatic hydroxyl groups is 2. The second kappa shape index (κ2) is 2.17. The standard InChI is InChI=1S/C7H12O4/c1-7-5(9)3-10-6(7)4(8)2-11-7/h4-6,8-9H,2-3H2,1H3/t4-,5+,6-,7-/m1/s1. The molecule has 0 radical (unpaired) electrons. The fourth-order valence-electron chi connectivity index (χ4n) is 1.74. The van der Waals surface area contributed by atoms with Crippen LogP contribution in [0, 0.1) is 0 Å². The van der Waals surface area contributed by atoms with Crippen LogP contribution in [0.4, 0.5) is 0 Å². The highest BCUT2D eigenvalue weighted by molar-refractivity contribution is 5.04. The summed E-state index contributed by atoms with van der Waals surface area (Å²) in [6, 6.07) is 0. The Balaban J connectivity index is 2.23. The zero-order valence-electron chi connectivity index (χ0n) is 6.36. The molecular weight excluding hydrogens is 148 g/mol. The molecule has 2 fully saturated rings. The predicted molar refractivity (Wildman–Crippen MR) is 36.1 cm³/mol. The predicted octanol–water partition coefficient (Wildman–Crippen LogP) is -1.10. The Labute approximate surface area is 64.7 Å². The van der Waals surface area contributed by atoms with Gasteiger partial charge >= 0.3 is 0 Å². The molecule has 4 atom stereocenters. The van der Waals surface area contributed by atoms with Gasteiger partial charge in [0, 0.05) is 0 Å². The number of fused-ring (bicyclic) bond motifs is 1. The van der Waals surface area contributed by atoms with Crippen molar-refractivity contribution in [1.29, 1.82) is 0 Å².